The van der Waals surface area contributed by atoms with Gasteiger partial charge in [-0.3, -0.25) is 0 Å². The van der Waals surface area contributed by atoms with Crippen LogP contribution in [0.2, 0.25) is 0 Å². The van der Waals surface area contributed by atoms with Crippen LogP contribution >= 0.6 is 0 Å². The summed E-state index contributed by atoms with van der Waals surface area (Å²) >= 11 is 0. The molecule has 1 saturated heterocycles. The van der Waals surface area contributed by atoms with Crippen LogP contribution < -0.4 is 9.30 Å². The molecule has 1 aromatic heterocycles. The number of benzene rings is 2. The molecule has 130 valence electrons. The lowest BCUT2D eigenvalue weighted by atomic mass is 10.1. The van der Waals surface area contributed by atoms with E-state index in [4.69, 9.17) is 9.47 Å². The van der Waals surface area contributed by atoms with Gasteiger partial charge in [-0.05, 0) is 12.1 Å². The molecule has 4 rings (SSSR count). The first kappa shape index (κ1) is 16.2. The largest absolute Gasteiger partial charge is 0.488 e. The van der Waals surface area contributed by atoms with Crippen molar-refractivity contribution in [2.75, 3.05) is 6.61 Å². The summed E-state index contributed by atoms with van der Waals surface area (Å²) in [6.07, 6.45) is -4.75. The standard InChI is InChI=1S/C18H19N2O5/c1-20-11-6-3-2-5-10(11)19-15-12(20)7-4-8-13(15)24-9-14-16(21)17(22)18(23)25-14/h2-8,14,16-18,21-23H,9H2,1H3/q+1. The third kappa shape index (κ3) is 2.71. The molecule has 3 N–H and O–H groups in total. The second kappa shape index (κ2) is 6.20. The van der Waals surface area contributed by atoms with E-state index in [2.05, 4.69) is 4.98 Å². The van der Waals surface area contributed by atoms with E-state index in [1.165, 1.54) is 0 Å². The predicted octanol–water partition coefficient (Wildman–Crippen LogP) is 0.0303. The Hall–Kier alpha value is -2.32. The smallest absolute Gasteiger partial charge is 0.235 e. The van der Waals surface area contributed by atoms with Crippen molar-refractivity contribution in [1.29, 1.82) is 0 Å². The van der Waals surface area contributed by atoms with Crippen molar-refractivity contribution in [3.8, 4) is 5.75 Å². The van der Waals surface area contributed by atoms with Crippen LogP contribution in [0.25, 0.3) is 22.1 Å². The van der Waals surface area contributed by atoms with Crippen LogP contribution in [0.4, 0.5) is 0 Å². The molecule has 7 nitrogen and oxygen atoms in total. The van der Waals surface area contributed by atoms with Gasteiger partial charge in [0.1, 0.15) is 37.5 Å². The maximum absolute atomic E-state index is 9.87. The molecule has 0 radical (unpaired) electrons. The first-order valence-electron chi connectivity index (χ1n) is 8.06. The maximum atomic E-state index is 9.87. The van der Waals surface area contributed by atoms with Gasteiger partial charge in [-0.25, -0.2) is 4.98 Å². The molecule has 1 aliphatic rings. The summed E-state index contributed by atoms with van der Waals surface area (Å²) in [5.74, 6) is 0.547. The zero-order valence-electron chi connectivity index (χ0n) is 13.6. The topological polar surface area (TPSA) is 95.9 Å². The molecule has 7 heteroatoms. The van der Waals surface area contributed by atoms with Crippen LogP contribution in [-0.4, -0.2) is 51.5 Å². The number of aromatic nitrogens is 2. The highest BCUT2D eigenvalue weighted by Crippen LogP contribution is 2.26. The fourth-order valence-corrected chi connectivity index (χ4v) is 3.14. The van der Waals surface area contributed by atoms with Crippen molar-refractivity contribution in [3.63, 3.8) is 0 Å². The van der Waals surface area contributed by atoms with Gasteiger partial charge in [0.25, 0.3) is 0 Å². The van der Waals surface area contributed by atoms with Crippen LogP contribution in [0.15, 0.2) is 42.5 Å². The van der Waals surface area contributed by atoms with E-state index < -0.39 is 24.6 Å². The third-order valence-corrected chi connectivity index (χ3v) is 4.55. The molecule has 0 bridgehead atoms. The summed E-state index contributed by atoms with van der Waals surface area (Å²) in [4.78, 5) is 4.68. The van der Waals surface area contributed by atoms with Gasteiger partial charge in [-0.15, -0.1) is 0 Å². The molecule has 0 spiro atoms. The molecule has 3 aromatic rings. The van der Waals surface area contributed by atoms with E-state index in [1.807, 2.05) is 48.0 Å². The van der Waals surface area contributed by atoms with E-state index in [0.29, 0.717) is 11.3 Å². The van der Waals surface area contributed by atoms with Gasteiger partial charge < -0.3 is 24.8 Å². The summed E-state index contributed by atoms with van der Waals surface area (Å²) in [7, 11) is 1.96. The van der Waals surface area contributed by atoms with E-state index in [-0.39, 0.29) is 6.61 Å². The van der Waals surface area contributed by atoms with Gasteiger partial charge in [-0.1, -0.05) is 18.2 Å². The molecule has 2 aromatic carbocycles. The molecule has 4 atom stereocenters. The number of aryl methyl sites for hydroxylation is 1. The lowest BCUT2D eigenvalue weighted by Crippen LogP contribution is -2.35. The Bertz CT molecular complexity index is 932. The third-order valence-electron chi connectivity index (χ3n) is 4.55. The van der Waals surface area contributed by atoms with Crippen LogP contribution in [-0.2, 0) is 11.8 Å². The molecular weight excluding hydrogens is 324 g/mol. The zero-order chi connectivity index (χ0) is 17.6. The zero-order valence-corrected chi connectivity index (χ0v) is 13.6. The molecule has 1 fully saturated rings. The molecule has 0 saturated carbocycles. The number of hydrogen-bond acceptors (Lipinski definition) is 6. The summed E-state index contributed by atoms with van der Waals surface area (Å²) in [6.45, 7) is -0.00732. The summed E-state index contributed by atoms with van der Waals surface area (Å²) in [6, 6.07) is 13.4. The highest BCUT2D eigenvalue weighted by atomic mass is 16.7. The molecule has 0 aliphatic carbocycles. The number of para-hydroxylation sites is 3. The van der Waals surface area contributed by atoms with E-state index in [0.717, 1.165) is 16.6 Å². The van der Waals surface area contributed by atoms with Crippen LogP contribution in [0.3, 0.4) is 0 Å². The van der Waals surface area contributed by atoms with Gasteiger partial charge in [0.15, 0.2) is 17.6 Å². The van der Waals surface area contributed by atoms with Gasteiger partial charge in [-0.2, -0.15) is 4.57 Å². The van der Waals surface area contributed by atoms with Gasteiger partial charge >= 0.3 is 0 Å². The van der Waals surface area contributed by atoms with Gasteiger partial charge in [0.05, 0.1) is 0 Å². The molecular formula is C18H19N2O5+. The molecule has 1 aliphatic heterocycles. The Balaban J connectivity index is 1.68. The van der Waals surface area contributed by atoms with Crippen molar-refractivity contribution in [3.05, 3.63) is 42.5 Å². The predicted molar refractivity (Wildman–Crippen MR) is 88.8 cm³/mol. The van der Waals surface area contributed by atoms with Crippen molar-refractivity contribution in [2.45, 2.75) is 24.6 Å². The number of aliphatic hydroxyl groups is 3. The average molecular weight is 343 g/mol. The SMILES string of the molecule is C[n+]1c2ccccc2nc2c(OCC3OC(O)C(O)C3O)cccc21. The summed E-state index contributed by atoms with van der Waals surface area (Å²) in [5.41, 5.74) is 3.45. The number of ether oxygens (including phenoxy) is 2. The lowest BCUT2D eigenvalue weighted by Gasteiger charge is -2.15. The monoisotopic (exact) mass is 343 g/mol. The number of fused-ring (bicyclic) bond motifs is 2. The minimum absolute atomic E-state index is 0.00732. The second-order valence-corrected chi connectivity index (χ2v) is 6.14. The quantitative estimate of drug-likeness (QED) is 0.459. The normalized spacial score (nSPS) is 26.4. The van der Waals surface area contributed by atoms with Crippen molar-refractivity contribution in [1.82, 2.24) is 4.98 Å². The fourth-order valence-electron chi connectivity index (χ4n) is 3.14. The Morgan fingerprint density at radius 3 is 2.56 bits per heavy atom. The van der Waals surface area contributed by atoms with Crippen LogP contribution in [0.5, 0.6) is 5.75 Å². The number of nitrogens with zero attached hydrogens (tertiary/aromatic N) is 2. The number of aliphatic hydroxyl groups excluding tert-OH is 3. The van der Waals surface area contributed by atoms with Crippen molar-refractivity contribution >= 4 is 22.1 Å². The van der Waals surface area contributed by atoms with Crippen LogP contribution in [0.1, 0.15) is 0 Å². The molecule has 2 heterocycles. The Morgan fingerprint density at radius 1 is 1.04 bits per heavy atom. The first-order chi connectivity index (χ1) is 12.1. The van der Waals surface area contributed by atoms with Gasteiger partial charge in [0, 0.05) is 12.1 Å². The minimum atomic E-state index is -1.41. The summed E-state index contributed by atoms with van der Waals surface area (Å²) < 4.78 is 13.0. The second-order valence-electron chi connectivity index (χ2n) is 6.14. The fraction of sp³-hybridized carbons (Fsp3) is 0.333. The molecule has 0 amide bonds. The van der Waals surface area contributed by atoms with Crippen molar-refractivity contribution < 1.29 is 29.4 Å². The Morgan fingerprint density at radius 2 is 1.80 bits per heavy atom. The molecule has 4 unspecified atom stereocenters. The van der Waals surface area contributed by atoms with E-state index >= 15 is 0 Å². The first-order valence-corrected chi connectivity index (χ1v) is 8.06. The minimum Gasteiger partial charge on any atom is -0.488 e. The average Bonchev–Trinajstić information content (AvgIpc) is 2.87. The van der Waals surface area contributed by atoms with Crippen molar-refractivity contribution in [2.24, 2.45) is 7.05 Å². The Labute approximate surface area is 143 Å². The highest BCUT2D eigenvalue weighted by Gasteiger charge is 2.42. The highest BCUT2D eigenvalue weighted by molar-refractivity contribution is 5.85. The number of hydrogen-bond donors (Lipinski definition) is 3. The van der Waals surface area contributed by atoms with E-state index in [1.54, 1.807) is 6.07 Å². The Kier molecular flexibility index (Phi) is 4.01. The van der Waals surface area contributed by atoms with Crippen LogP contribution in [0, 0.1) is 0 Å². The molecule has 25 heavy (non-hydrogen) atoms. The number of rotatable bonds is 3. The maximum Gasteiger partial charge on any atom is 0.235 e. The van der Waals surface area contributed by atoms with Gasteiger partial charge in [0.2, 0.25) is 11.0 Å². The lowest BCUT2D eigenvalue weighted by molar-refractivity contribution is -0.617. The van der Waals surface area contributed by atoms with E-state index in [9.17, 15) is 15.3 Å². The summed E-state index contributed by atoms with van der Waals surface area (Å²) in [5, 5.41) is 28.9.